The molecule has 1 heterocycles. The van der Waals surface area contributed by atoms with Crippen molar-refractivity contribution in [3.63, 3.8) is 0 Å². The van der Waals surface area contributed by atoms with Crippen molar-refractivity contribution in [3.05, 3.63) is 53.6 Å². The smallest absolute Gasteiger partial charge is 0.494 e. The number of unbranched alkanes of at least 4 members (excludes halogenated alkanes) is 1. The monoisotopic (exact) mass is 490 g/mol. The number of oxime groups is 1. The minimum absolute atomic E-state index is 0.0511. The molecule has 10 heteroatoms. The number of amides is 1. The molecule has 0 fully saturated rings. The van der Waals surface area contributed by atoms with Crippen LogP contribution in [0.15, 0.2) is 47.6 Å². The number of nitrogens with zero attached hydrogens (tertiary/aromatic N) is 1. The molecule has 2 aromatic rings. The maximum absolute atomic E-state index is 11.9. The Labute approximate surface area is 200 Å². The average Bonchev–Trinajstić information content (AvgIpc) is 2.72. The number of carbonyl (C=O) groups is 1. The molecule has 0 saturated heterocycles. The highest BCUT2D eigenvalue weighted by Gasteiger charge is 2.33. The van der Waals surface area contributed by atoms with E-state index in [0.717, 1.165) is 11.1 Å². The Morgan fingerprint density at radius 3 is 2.44 bits per heavy atom. The van der Waals surface area contributed by atoms with Gasteiger partial charge in [-0.25, -0.2) is 9.08 Å². The number of cyclic esters (lactones) is 1. The fraction of sp³-hybridized carbons (Fsp3) is 0.417. The van der Waals surface area contributed by atoms with E-state index >= 15 is 0 Å². The van der Waals surface area contributed by atoms with Crippen LogP contribution in [0, 0.1) is 0 Å². The fourth-order valence-electron chi connectivity index (χ4n) is 3.29. The summed E-state index contributed by atoms with van der Waals surface area (Å²) in [5.74, 6) is 0.781. The number of rotatable bonds is 9. The van der Waals surface area contributed by atoms with Crippen LogP contribution in [0.4, 0.5) is 10.5 Å². The maximum Gasteiger partial charge on any atom is 0.521 e. The van der Waals surface area contributed by atoms with E-state index in [9.17, 15) is 13.2 Å². The summed E-state index contributed by atoms with van der Waals surface area (Å²) in [5.41, 5.74) is 1.75. The van der Waals surface area contributed by atoms with Crippen molar-refractivity contribution >= 4 is 28.4 Å². The van der Waals surface area contributed by atoms with Gasteiger partial charge >= 0.3 is 16.5 Å². The van der Waals surface area contributed by atoms with Gasteiger partial charge in [-0.15, -0.1) is 8.42 Å². The predicted octanol–water partition coefficient (Wildman–Crippen LogP) is 5.27. The Balaban J connectivity index is 1.42. The van der Waals surface area contributed by atoms with E-state index < -0.39 is 22.1 Å². The van der Waals surface area contributed by atoms with Crippen molar-refractivity contribution < 1.29 is 31.2 Å². The number of nitrogens with one attached hydrogen (secondary N) is 1. The molecule has 0 radical (unpaired) electrons. The standard InChI is InChI=1S/C24H30N2O7S/c1-23(2,3)17-8-10-18(11-9-17)32-34(28,29)33-25-14-6-7-15-30-19-12-13-21-20(16-19)24(4,5)31-22(27)26-21/h8-14,16H,6-7,15H2,1-5H3,(H,26,27). The normalized spacial score (nSPS) is 15.3. The molecule has 1 aliphatic heterocycles. The zero-order chi connectivity index (χ0) is 25.0. The molecule has 3 rings (SSSR count). The maximum atomic E-state index is 11.9. The van der Waals surface area contributed by atoms with Gasteiger partial charge in [0, 0.05) is 11.8 Å². The van der Waals surface area contributed by atoms with E-state index in [1.807, 2.05) is 19.9 Å². The number of hydrogen-bond donors (Lipinski definition) is 1. The van der Waals surface area contributed by atoms with Gasteiger partial charge in [0.1, 0.15) is 17.1 Å². The van der Waals surface area contributed by atoms with Crippen LogP contribution in [0.5, 0.6) is 11.5 Å². The lowest BCUT2D eigenvalue weighted by Gasteiger charge is -2.32. The fourth-order valence-corrected chi connectivity index (χ4v) is 3.83. The average molecular weight is 491 g/mol. The van der Waals surface area contributed by atoms with Crippen LogP contribution in [-0.4, -0.2) is 27.3 Å². The van der Waals surface area contributed by atoms with Crippen LogP contribution in [0.25, 0.3) is 0 Å². The Bertz CT molecular complexity index is 1150. The number of anilines is 1. The second kappa shape index (κ2) is 9.92. The molecule has 184 valence electrons. The van der Waals surface area contributed by atoms with Gasteiger partial charge in [-0.05, 0) is 68.0 Å². The van der Waals surface area contributed by atoms with Crippen molar-refractivity contribution in [2.75, 3.05) is 11.9 Å². The number of fused-ring (bicyclic) bond motifs is 1. The summed E-state index contributed by atoms with van der Waals surface area (Å²) in [6, 6.07) is 12.1. The molecule has 0 aliphatic carbocycles. The summed E-state index contributed by atoms with van der Waals surface area (Å²) in [7, 11) is -4.31. The summed E-state index contributed by atoms with van der Waals surface area (Å²) in [6.07, 6.45) is 1.87. The quantitative estimate of drug-likeness (QED) is 0.290. The second-order valence-corrected chi connectivity index (χ2v) is 10.5. The van der Waals surface area contributed by atoms with Gasteiger partial charge in [-0.2, -0.15) is 0 Å². The van der Waals surface area contributed by atoms with Gasteiger partial charge in [0.25, 0.3) is 0 Å². The van der Waals surface area contributed by atoms with Gasteiger partial charge in [0.2, 0.25) is 0 Å². The van der Waals surface area contributed by atoms with Crippen LogP contribution in [0.3, 0.4) is 0 Å². The SMILES string of the molecule is CC(C)(C)c1ccc(OS(=O)(=O)ON=CCCCOc2ccc3c(c2)C(C)(C)OC(=O)N3)cc1. The molecule has 0 saturated carbocycles. The summed E-state index contributed by atoms with van der Waals surface area (Å²) in [5, 5.41) is 6.14. The van der Waals surface area contributed by atoms with Crippen LogP contribution in [0.1, 0.15) is 58.6 Å². The molecule has 34 heavy (non-hydrogen) atoms. The Kier molecular flexibility index (Phi) is 7.40. The molecule has 1 N–H and O–H groups in total. The molecule has 0 aromatic heterocycles. The third-order valence-corrected chi connectivity index (χ3v) is 5.76. The van der Waals surface area contributed by atoms with Gasteiger partial charge in [-0.3, -0.25) is 5.32 Å². The lowest BCUT2D eigenvalue weighted by atomic mass is 9.87. The van der Waals surface area contributed by atoms with E-state index in [2.05, 4.69) is 35.5 Å². The van der Waals surface area contributed by atoms with Crippen molar-refractivity contribution in [2.24, 2.45) is 5.16 Å². The van der Waals surface area contributed by atoms with Crippen molar-refractivity contribution in [2.45, 2.75) is 58.5 Å². The predicted molar refractivity (Wildman–Crippen MR) is 129 cm³/mol. The third-order valence-electron chi connectivity index (χ3n) is 5.10. The Hall–Kier alpha value is -3.27. The lowest BCUT2D eigenvalue weighted by molar-refractivity contribution is 0.0418. The summed E-state index contributed by atoms with van der Waals surface area (Å²) >= 11 is 0. The first-order chi connectivity index (χ1) is 15.9. The number of hydrogen-bond acceptors (Lipinski definition) is 8. The molecule has 9 nitrogen and oxygen atoms in total. The zero-order valence-electron chi connectivity index (χ0n) is 20.0. The summed E-state index contributed by atoms with van der Waals surface area (Å²) in [6.45, 7) is 10.2. The number of benzene rings is 2. The number of carbonyl (C=O) groups excluding carboxylic acids is 1. The van der Waals surface area contributed by atoms with Crippen LogP contribution < -0.4 is 14.2 Å². The highest BCUT2D eigenvalue weighted by atomic mass is 32.3. The molecule has 0 spiro atoms. The lowest BCUT2D eigenvalue weighted by Crippen LogP contribution is -2.34. The summed E-state index contributed by atoms with van der Waals surface area (Å²) < 4.78 is 44.3. The zero-order valence-corrected chi connectivity index (χ0v) is 20.8. The van der Waals surface area contributed by atoms with Crippen molar-refractivity contribution in [1.29, 1.82) is 0 Å². The van der Waals surface area contributed by atoms with Gasteiger partial charge in [0.05, 0.1) is 12.3 Å². The van der Waals surface area contributed by atoms with Gasteiger partial charge in [0.15, 0.2) is 0 Å². The van der Waals surface area contributed by atoms with Crippen LogP contribution >= 0.6 is 0 Å². The van der Waals surface area contributed by atoms with E-state index in [0.29, 0.717) is 30.9 Å². The topological polar surface area (TPSA) is 113 Å². The third kappa shape index (κ3) is 6.86. The van der Waals surface area contributed by atoms with E-state index in [-0.39, 0.29) is 11.2 Å². The highest BCUT2D eigenvalue weighted by Crippen LogP contribution is 2.37. The summed E-state index contributed by atoms with van der Waals surface area (Å²) in [4.78, 5) is 11.6. The first-order valence-corrected chi connectivity index (χ1v) is 12.2. The second-order valence-electron chi connectivity index (χ2n) is 9.35. The first-order valence-electron chi connectivity index (χ1n) is 10.9. The van der Waals surface area contributed by atoms with Crippen molar-refractivity contribution in [1.82, 2.24) is 0 Å². The molecular weight excluding hydrogens is 460 g/mol. The molecule has 1 amide bonds. The Morgan fingerprint density at radius 1 is 1.09 bits per heavy atom. The molecule has 2 aromatic carbocycles. The van der Waals surface area contributed by atoms with Gasteiger partial charge < -0.3 is 13.7 Å². The minimum atomic E-state index is -4.31. The molecule has 1 aliphatic rings. The van der Waals surface area contributed by atoms with Crippen LogP contribution in [0.2, 0.25) is 0 Å². The molecular formula is C24H30N2O7S. The minimum Gasteiger partial charge on any atom is -0.494 e. The largest absolute Gasteiger partial charge is 0.521 e. The molecule has 0 bridgehead atoms. The van der Waals surface area contributed by atoms with Crippen molar-refractivity contribution in [3.8, 4) is 11.5 Å². The highest BCUT2D eigenvalue weighted by molar-refractivity contribution is 7.82. The van der Waals surface area contributed by atoms with Gasteiger partial charge in [-0.1, -0.05) is 38.1 Å². The van der Waals surface area contributed by atoms with E-state index in [4.69, 9.17) is 13.7 Å². The van der Waals surface area contributed by atoms with E-state index in [1.54, 1.807) is 36.4 Å². The molecule has 0 atom stereocenters. The van der Waals surface area contributed by atoms with E-state index in [1.165, 1.54) is 6.21 Å². The van der Waals surface area contributed by atoms with Crippen LogP contribution in [-0.2, 0) is 30.4 Å². The Morgan fingerprint density at radius 2 is 1.76 bits per heavy atom. The number of ether oxygens (including phenoxy) is 2. The first kappa shape index (κ1) is 25.4. The molecule has 0 unspecified atom stereocenters.